The third kappa shape index (κ3) is 2.31. The topological polar surface area (TPSA) is 84.8 Å². The summed E-state index contributed by atoms with van der Waals surface area (Å²) >= 11 is 0. The SMILES string of the molecule is N#Cc1cnn(-c2ccc([N+](=O)[O-])cc2)c1-c1ccccc1. The summed E-state index contributed by atoms with van der Waals surface area (Å²) in [6.07, 6.45) is 1.49. The lowest BCUT2D eigenvalue weighted by Gasteiger charge is -2.08. The number of nitrogens with zero attached hydrogens (tertiary/aromatic N) is 4. The van der Waals surface area contributed by atoms with Crippen LogP contribution in [0, 0.1) is 21.4 Å². The van der Waals surface area contributed by atoms with Gasteiger partial charge >= 0.3 is 0 Å². The van der Waals surface area contributed by atoms with Crippen molar-refractivity contribution in [1.82, 2.24) is 9.78 Å². The molecule has 3 aromatic rings. The molecule has 0 N–H and O–H groups in total. The fourth-order valence-corrected chi connectivity index (χ4v) is 2.22. The Kier molecular flexibility index (Phi) is 3.38. The number of nitro groups is 1. The summed E-state index contributed by atoms with van der Waals surface area (Å²) in [5.74, 6) is 0. The molecule has 0 fully saturated rings. The van der Waals surface area contributed by atoms with Crippen molar-refractivity contribution in [2.24, 2.45) is 0 Å². The molecule has 1 heterocycles. The fourth-order valence-electron chi connectivity index (χ4n) is 2.22. The minimum atomic E-state index is -0.453. The number of rotatable bonds is 3. The van der Waals surface area contributed by atoms with E-state index in [0.717, 1.165) is 5.56 Å². The molecule has 0 saturated heterocycles. The number of hydrogen-bond acceptors (Lipinski definition) is 4. The molecular formula is C16H10N4O2. The molecule has 2 aromatic carbocycles. The summed E-state index contributed by atoms with van der Waals surface area (Å²) in [6.45, 7) is 0. The van der Waals surface area contributed by atoms with E-state index in [9.17, 15) is 15.4 Å². The van der Waals surface area contributed by atoms with Crippen molar-refractivity contribution in [2.75, 3.05) is 0 Å². The molecule has 1 aromatic heterocycles. The van der Waals surface area contributed by atoms with E-state index in [-0.39, 0.29) is 5.69 Å². The van der Waals surface area contributed by atoms with Gasteiger partial charge in [0, 0.05) is 17.7 Å². The third-order valence-corrected chi connectivity index (χ3v) is 3.24. The zero-order chi connectivity index (χ0) is 15.5. The van der Waals surface area contributed by atoms with Crippen LogP contribution in [-0.2, 0) is 0 Å². The van der Waals surface area contributed by atoms with Gasteiger partial charge in [-0.05, 0) is 12.1 Å². The van der Waals surface area contributed by atoms with Crippen LogP contribution in [0.4, 0.5) is 5.69 Å². The Morgan fingerprint density at radius 1 is 1.09 bits per heavy atom. The van der Waals surface area contributed by atoms with Crippen LogP contribution in [0.15, 0.2) is 60.8 Å². The summed E-state index contributed by atoms with van der Waals surface area (Å²) in [5.41, 5.74) is 2.64. The quantitative estimate of drug-likeness (QED) is 0.547. The Morgan fingerprint density at radius 3 is 2.36 bits per heavy atom. The van der Waals surface area contributed by atoms with Crippen LogP contribution in [0.1, 0.15) is 5.56 Å². The number of hydrogen-bond donors (Lipinski definition) is 0. The first-order chi connectivity index (χ1) is 10.7. The Labute approximate surface area is 126 Å². The van der Waals surface area contributed by atoms with Crippen LogP contribution in [0.2, 0.25) is 0 Å². The maximum absolute atomic E-state index is 10.7. The van der Waals surface area contributed by atoms with Crippen molar-refractivity contribution in [1.29, 1.82) is 5.26 Å². The largest absolute Gasteiger partial charge is 0.269 e. The van der Waals surface area contributed by atoms with E-state index in [1.807, 2.05) is 30.3 Å². The fraction of sp³-hybridized carbons (Fsp3) is 0. The second-order valence-electron chi connectivity index (χ2n) is 4.57. The maximum Gasteiger partial charge on any atom is 0.269 e. The van der Waals surface area contributed by atoms with Gasteiger partial charge in [-0.2, -0.15) is 10.4 Å². The molecule has 0 aliphatic carbocycles. The predicted octanol–water partition coefficient (Wildman–Crippen LogP) is 3.32. The highest BCUT2D eigenvalue weighted by Gasteiger charge is 2.15. The molecule has 0 radical (unpaired) electrons. The molecule has 0 atom stereocenters. The van der Waals surface area contributed by atoms with Gasteiger partial charge in [-0.25, -0.2) is 4.68 Å². The highest BCUT2D eigenvalue weighted by molar-refractivity contribution is 5.68. The van der Waals surface area contributed by atoms with Gasteiger partial charge in [-0.3, -0.25) is 10.1 Å². The summed E-state index contributed by atoms with van der Waals surface area (Å²) < 4.78 is 1.61. The number of nitro benzene ring substituents is 1. The van der Waals surface area contributed by atoms with Crippen LogP contribution in [-0.4, -0.2) is 14.7 Å². The first-order valence-corrected chi connectivity index (χ1v) is 6.49. The highest BCUT2D eigenvalue weighted by Crippen LogP contribution is 2.26. The molecule has 0 spiro atoms. The molecule has 0 bridgehead atoms. The molecule has 3 rings (SSSR count). The second kappa shape index (κ2) is 5.50. The zero-order valence-electron chi connectivity index (χ0n) is 11.4. The minimum Gasteiger partial charge on any atom is -0.258 e. The summed E-state index contributed by atoms with van der Waals surface area (Å²) in [5, 5.41) is 24.2. The van der Waals surface area contributed by atoms with E-state index in [0.29, 0.717) is 16.9 Å². The van der Waals surface area contributed by atoms with Crippen LogP contribution in [0.3, 0.4) is 0 Å². The van der Waals surface area contributed by atoms with Gasteiger partial charge in [0.1, 0.15) is 6.07 Å². The summed E-state index contributed by atoms with van der Waals surface area (Å²) in [4.78, 5) is 10.3. The van der Waals surface area contributed by atoms with E-state index < -0.39 is 4.92 Å². The van der Waals surface area contributed by atoms with Crippen LogP contribution >= 0.6 is 0 Å². The van der Waals surface area contributed by atoms with Gasteiger partial charge in [0.05, 0.1) is 28.1 Å². The normalized spacial score (nSPS) is 10.1. The zero-order valence-corrected chi connectivity index (χ0v) is 11.4. The minimum absolute atomic E-state index is 0.0117. The van der Waals surface area contributed by atoms with Crippen LogP contribution in [0.25, 0.3) is 16.9 Å². The molecule has 0 saturated carbocycles. The van der Waals surface area contributed by atoms with Gasteiger partial charge in [0.15, 0.2) is 0 Å². The lowest BCUT2D eigenvalue weighted by molar-refractivity contribution is -0.384. The molecule has 0 aliphatic heterocycles. The maximum atomic E-state index is 10.7. The molecule has 106 valence electrons. The van der Waals surface area contributed by atoms with Gasteiger partial charge in [0.2, 0.25) is 0 Å². The van der Waals surface area contributed by atoms with Gasteiger partial charge < -0.3 is 0 Å². The molecular weight excluding hydrogens is 280 g/mol. The van der Waals surface area contributed by atoms with E-state index in [1.165, 1.54) is 18.3 Å². The van der Waals surface area contributed by atoms with Crippen molar-refractivity contribution < 1.29 is 4.92 Å². The molecule has 0 aliphatic rings. The number of nitriles is 1. The number of aromatic nitrogens is 2. The van der Waals surface area contributed by atoms with Gasteiger partial charge in [-0.15, -0.1) is 0 Å². The average Bonchev–Trinajstić information content (AvgIpc) is 2.99. The van der Waals surface area contributed by atoms with E-state index in [1.54, 1.807) is 16.8 Å². The Morgan fingerprint density at radius 2 is 1.77 bits per heavy atom. The summed E-state index contributed by atoms with van der Waals surface area (Å²) in [6, 6.07) is 17.6. The number of benzene rings is 2. The van der Waals surface area contributed by atoms with Crippen LogP contribution in [0.5, 0.6) is 0 Å². The second-order valence-corrected chi connectivity index (χ2v) is 4.57. The van der Waals surface area contributed by atoms with Gasteiger partial charge in [-0.1, -0.05) is 30.3 Å². The average molecular weight is 290 g/mol. The summed E-state index contributed by atoms with van der Waals surface area (Å²) in [7, 11) is 0. The van der Waals surface area contributed by atoms with Gasteiger partial charge in [0.25, 0.3) is 5.69 Å². The van der Waals surface area contributed by atoms with Crippen molar-refractivity contribution in [3.63, 3.8) is 0 Å². The Bertz CT molecular complexity index is 861. The first-order valence-electron chi connectivity index (χ1n) is 6.49. The van der Waals surface area contributed by atoms with E-state index in [2.05, 4.69) is 11.2 Å². The molecule has 22 heavy (non-hydrogen) atoms. The monoisotopic (exact) mass is 290 g/mol. The van der Waals surface area contributed by atoms with Crippen LogP contribution < -0.4 is 0 Å². The molecule has 6 nitrogen and oxygen atoms in total. The lowest BCUT2D eigenvalue weighted by Crippen LogP contribution is -2.00. The molecule has 6 heteroatoms. The Hall–Kier alpha value is -3.46. The number of non-ortho nitro benzene ring substituents is 1. The van der Waals surface area contributed by atoms with Crippen molar-refractivity contribution in [3.05, 3.63) is 76.5 Å². The van der Waals surface area contributed by atoms with E-state index >= 15 is 0 Å². The lowest BCUT2D eigenvalue weighted by atomic mass is 10.1. The standard InChI is InChI=1S/C16H10N4O2/c17-10-13-11-18-19(16(13)12-4-2-1-3-5-12)14-6-8-15(9-7-14)20(21)22/h1-9,11H. The first kappa shape index (κ1) is 13.5. The van der Waals surface area contributed by atoms with Crippen molar-refractivity contribution in [2.45, 2.75) is 0 Å². The Balaban J connectivity index is 2.14. The third-order valence-electron chi connectivity index (χ3n) is 3.24. The molecule has 0 unspecified atom stereocenters. The predicted molar refractivity (Wildman–Crippen MR) is 80.4 cm³/mol. The molecule has 0 amide bonds. The van der Waals surface area contributed by atoms with Crippen molar-refractivity contribution in [3.8, 4) is 23.0 Å². The van der Waals surface area contributed by atoms with E-state index in [4.69, 9.17) is 0 Å². The van der Waals surface area contributed by atoms with Crippen molar-refractivity contribution >= 4 is 5.69 Å². The smallest absolute Gasteiger partial charge is 0.258 e. The highest BCUT2D eigenvalue weighted by atomic mass is 16.6.